The van der Waals surface area contributed by atoms with Crippen molar-refractivity contribution in [2.24, 2.45) is 0 Å². The summed E-state index contributed by atoms with van der Waals surface area (Å²) in [5, 5.41) is 9.74. The zero-order valence-electron chi connectivity index (χ0n) is 32.1. The first-order chi connectivity index (χ1) is 25.2. The Morgan fingerprint density at radius 2 is 0.698 bits per heavy atom. The van der Waals surface area contributed by atoms with Crippen molar-refractivity contribution in [3.05, 3.63) is 154 Å². The number of halogens is 3. The first-order valence-corrected chi connectivity index (χ1v) is 20.3. The Kier molecular flexibility index (Phi) is 15.8. The third-order valence-electron chi connectivity index (χ3n) is 9.36. The molecule has 2 nitrogen and oxygen atoms in total. The zero-order chi connectivity index (χ0) is 38.8. The standard InChI is InChI=1S/C23H24BO.C22H22BO.BBr3/c1-15-11-20(19-9-7-6-8-10-19)12-16(2)22(15)24-23-17(3)13-21(25-5)14-18(23)4;1-14-10-19(18-8-6-5-7-9-18)11-15(2)21(14)23-22-16(3)12-20(24)13-17(22)4;2-1(3)4/h6-14H,1-5H3;5-13,24H,1-4H3;. The van der Waals surface area contributed by atoms with E-state index in [1.807, 2.05) is 32.0 Å². The Morgan fingerprint density at radius 3 is 0.981 bits per heavy atom. The molecule has 0 saturated carbocycles. The molecule has 0 aliphatic carbocycles. The van der Waals surface area contributed by atoms with Crippen LogP contribution in [0.4, 0.5) is 0 Å². The van der Waals surface area contributed by atoms with E-state index in [1.54, 1.807) is 7.11 Å². The number of aromatic hydroxyl groups is 1. The van der Waals surface area contributed by atoms with E-state index in [0.29, 0.717) is 5.75 Å². The number of benzene rings is 6. The first-order valence-electron chi connectivity index (χ1n) is 17.6. The number of aryl methyl sites for hydroxylation is 8. The van der Waals surface area contributed by atoms with Crippen LogP contribution in [0.3, 0.4) is 0 Å². The molecule has 1 N–H and O–H groups in total. The number of hydrogen-bond donors (Lipinski definition) is 1. The third-order valence-corrected chi connectivity index (χ3v) is 9.36. The second kappa shape index (κ2) is 19.8. The summed E-state index contributed by atoms with van der Waals surface area (Å²) in [6.45, 7) is 17.1. The van der Waals surface area contributed by atoms with Gasteiger partial charge >= 0.3 is 3.18 Å². The van der Waals surface area contributed by atoms with Gasteiger partial charge in [0.25, 0.3) is 0 Å². The fourth-order valence-electron chi connectivity index (χ4n) is 6.75. The second-order valence-corrected chi connectivity index (χ2v) is 19.9. The average molecular weight is 891 g/mol. The minimum atomic E-state index is 0.271. The van der Waals surface area contributed by atoms with E-state index in [9.17, 15) is 5.11 Å². The van der Waals surface area contributed by atoms with Gasteiger partial charge in [-0.05, 0) is 102 Å². The maximum Gasteiger partial charge on any atom is 0.369 e. The monoisotopic (exact) mass is 888 g/mol. The summed E-state index contributed by atoms with van der Waals surface area (Å²) >= 11 is 9.31. The van der Waals surface area contributed by atoms with Crippen LogP contribution in [-0.2, 0) is 0 Å². The highest BCUT2D eigenvalue weighted by Crippen LogP contribution is 2.23. The molecule has 268 valence electrons. The van der Waals surface area contributed by atoms with Crippen LogP contribution in [0.1, 0.15) is 44.5 Å². The van der Waals surface area contributed by atoms with Gasteiger partial charge in [0.05, 0.1) is 7.11 Å². The molecule has 6 aromatic rings. The smallest absolute Gasteiger partial charge is 0.369 e. The minimum Gasteiger partial charge on any atom is -0.508 e. The van der Waals surface area contributed by atoms with Gasteiger partial charge in [-0.2, -0.15) is 0 Å². The van der Waals surface area contributed by atoms with Crippen molar-refractivity contribution in [1.82, 2.24) is 0 Å². The Balaban J connectivity index is 0.000000215. The van der Waals surface area contributed by atoms with E-state index in [2.05, 4.69) is 194 Å². The quantitative estimate of drug-likeness (QED) is 0.162. The predicted octanol–water partition coefficient (Wildman–Crippen LogP) is 10.4. The van der Waals surface area contributed by atoms with Gasteiger partial charge < -0.3 is 9.84 Å². The maximum atomic E-state index is 9.74. The van der Waals surface area contributed by atoms with Crippen LogP contribution in [0.5, 0.6) is 11.5 Å². The Labute approximate surface area is 344 Å². The van der Waals surface area contributed by atoms with Crippen molar-refractivity contribution < 1.29 is 9.84 Å². The van der Waals surface area contributed by atoms with E-state index < -0.39 is 0 Å². The summed E-state index contributed by atoms with van der Waals surface area (Å²) in [5.41, 5.74) is 19.8. The summed E-state index contributed by atoms with van der Waals surface area (Å²) in [6, 6.07) is 37.9. The number of methoxy groups -OCH3 is 1. The number of ether oxygens (including phenoxy) is 1. The summed E-state index contributed by atoms with van der Waals surface area (Å²) in [4.78, 5) is 0. The van der Waals surface area contributed by atoms with Crippen LogP contribution in [0.15, 0.2) is 109 Å². The van der Waals surface area contributed by atoms with Crippen molar-refractivity contribution in [3.8, 4) is 33.8 Å². The van der Waals surface area contributed by atoms with Gasteiger partial charge in [-0.3, -0.25) is 0 Å². The minimum absolute atomic E-state index is 0.271. The van der Waals surface area contributed by atoms with Gasteiger partial charge in [-0.1, -0.05) is 151 Å². The van der Waals surface area contributed by atoms with Crippen LogP contribution >= 0.6 is 47.3 Å². The first kappa shape index (κ1) is 42.3. The maximum absolute atomic E-state index is 9.74. The van der Waals surface area contributed by atoms with Gasteiger partial charge in [-0.25, -0.2) is 0 Å². The SMILES string of the molecule is BrB(Br)Br.COc1cc(C)c([B]c2c(C)cc(-c3ccccc3)cc2C)c(C)c1.Cc1cc(O)cc(C)c1[B]c1c(C)cc(-c2ccccc2)cc1C. The van der Waals surface area contributed by atoms with Gasteiger partial charge in [0, 0.05) is 0 Å². The summed E-state index contributed by atoms with van der Waals surface area (Å²) < 4.78 is 5.65. The molecule has 6 aromatic carbocycles. The summed E-state index contributed by atoms with van der Waals surface area (Å²) in [5.74, 6) is 1.25. The largest absolute Gasteiger partial charge is 0.508 e. The molecular formula is C45H46B3Br3O2. The van der Waals surface area contributed by atoms with E-state index in [0.717, 1.165) is 16.9 Å². The highest BCUT2D eigenvalue weighted by molar-refractivity contribution is 9.69. The number of phenolic OH excluding ortho intramolecular Hbond substituents is 1. The van der Waals surface area contributed by atoms with Crippen molar-refractivity contribution >= 4 is 86.9 Å². The van der Waals surface area contributed by atoms with Crippen molar-refractivity contribution in [3.63, 3.8) is 0 Å². The molecule has 0 atom stereocenters. The van der Waals surface area contributed by atoms with Gasteiger partial charge in [0.15, 0.2) is 14.6 Å². The topological polar surface area (TPSA) is 29.5 Å². The molecule has 0 aliphatic heterocycles. The zero-order valence-corrected chi connectivity index (χ0v) is 36.9. The molecule has 0 bridgehead atoms. The lowest BCUT2D eigenvalue weighted by atomic mass is 9.58. The predicted molar refractivity (Wildman–Crippen MR) is 245 cm³/mol. The lowest BCUT2D eigenvalue weighted by Gasteiger charge is -2.16. The molecule has 0 aromatic heterocycles. The second-order valence-electron chi connectivity index (χ2n) is 13.5. The normalized spacial score (nSPS) is 10.3. The summed E-state index contributed by atoms with van der Waals surface area (Å²) in [6.07, 6.45) is 0. The van der Waals surface area contributed by atoms with E-state index in [1.165, 1.54) is 77.5 Å². The van der Waals surface area contributed by atoms with Crippen LogP contribution in [0.2, 0.25) is 0 Å². The van der Waals surface area contributed by atoms with Crippen LogP contribution in [0, 0.1) is 55.4 Å². The van der Waals surface area contributed by atoms with E-state index in [-0.39, 0.29) is 3.18 Å². The molecule has 0 heterocycles. The molecular weight excluding hydrogens is 845 g/mol. The molecule has 0 saturated heterocycles. The van der Waals surface area contributed by atoms with Crippen LogP contribution in [0.25, 0.3) is 22.3 Å². The Bertz CT molecular complexity index is 2060. The van der Waals surface area contributed by atoms with E-state index >= 15 is 0 Å². The van der Waals surface area contributed by atoms with Crippen molar-refractivity contribution in [1.29, 1.82) is 0 Å². The lowest BCUT2D eigenvalue weighted by Crippen LogP contribution is -2.34. The van der Waals surface area contributed by atoms with E-state index in [4.69, 9.17) is 4.74 Å². The van der Waals surface area contributed by atoms with Gasteiger partial charge in [0.2, 0.25) is 0 Å². The van der Waals surface area contributed by atoms with Crippen molar-refractivity contribution in [2.45, 2.75) is 55.4 Å². The Hall–Kier alpha value is -3.45. The van der Waals surface area contributed by atoms with Crippen LogP contribution < -0.4 is 26.6 Å². The lowest BCUT2D eigenvalue weighted by molar-refractivity contribution is 0.414. The third kappa shape index (κ3) is 11.8. The fraction of sp³-hybridized carbons (Fsp3) is 0.200. The van der Waals surface area contributed by atoms with Gasteiger partial charge in [0.1, 0.15) is 11.5 Å². The highest BCUT2D eigenvalue weighted by atomic mass is 79.9. The number of hydrogen-bond acceptors (Lipinski definition) is 2. The molecule has 0 amide bonds. The molecule has 6 rings (SSSR count). The number of rotatable bonds is 7. The van der Waals surface area contributed by atoms with Crippen LogP contribution in [-0.4, -0.2) is 30.0 Å². The summed E-state index contributed by atoms with van der Waals surface area (Å²) in [7, 11) is 6.27. The highest BCUT2D eigenvalue weighted by Gasteiger charge is 2.15. The molecule has 0 spiro atoms. The number of phenols is 1. The Morgan fingerprint density at radius 1 is 0.434 bits per heavy atom. The molecule has 0 unspecified atom stereocenters. The molecule has 0 fully saturated rings. The average Bonchev–Trinajstić information content (AvgIpc) is 3.10. The van der Waals surface area contributed by atoms with Crippen molar-refractivity contribution in [2.75, 3.05) is 7.11 Å². The molecule has 8 heteroatoms. The molecule has 0 aliphatic rings. The molecule has 53 heavy (non-hydrogen) atoms. The molecule has 2 radical (unpaired) electrons. The van der Waals surface area contributed by atoms with Gasteiger partial charge in [-0.15, -0.1) is 47.3 Å². The fourth-order valence-corrected chi connectivity index (χ4v) is 6.75.